The average molecular weight is 224 g/mol. The van der Waals surface area contributed by atoms with E-state index in [0.29, 0.717) is 23.1 Å². The summed E-state index contributed by atoms with van der Waals surface area (Å²) in [5, 5.41) is 22.5. The van der Waals surface area contributed by atoms with Crippen molar-refractivity contribution in [2.45, 2.75) is 26.0 Å². The van der Waals surface area contributed by atoms with Crippen molar-refractivity contribution in [3.63, 3.8) is 0 Å². The smallest absolute Gasteiger partial charge is 0.142 e. The fraction of sp³-hybridized carbons (Fsp3) is 0.455. The van der Waals surface area contributed by atoms with Crippen LogP contribution in [-0.2, 0) is 4.79 Å². The second kappa shape index (κ2) is 5.05. The van der Waals surface area contributed by atoms with E-state index in [1.807, 2.05) is 0 Å². The topological polar surface area (TPSA) is 82.5 Å². The molecular formula is C11H16N2O3. The maximum atomic E-state index is 10.7. The highest BCUT2D eigenvalue weighted by Crippen LogP contribution is 2.30. The van der Waals surface area contributed by atoms with Gasteiger partial charge in [0.05, 0.1) is 11.7 Å². The van der Waals surface area contributed by atoms with Gasteiger partial charge >= 0.3 is 0 Å². The van der Waals surface area contributed by atoms with E-state index < -0.39 is 12.1 Å². The Hall–Kier alpha value is -1.46. The first-order chi connectivity index (χ1) is 7.52. The number of rotatable bonds is 4. The Balaban J connectivity index is 3.21. The number of hydrogen-bond donors (Lipinski definition) is 3. The first-order valence-electron chi connectivity index (χ1n) is 4.98. The highest BCUT2D eigenvalue weighted by molar-refractivity contribution is 5.60. The van der Waals surface area contributed by atoms with Crippen LogP contribution in [0.4, 0.5) is 0 Å². The fourth-order valence-corrected chi connectivity index (χ4v) is 1.56. The first-order valence-corrected chi connectivity index (χ1v) is 4.98. The summed E-state index contributed by atoms with van der Waals surface area (Å²) in [6, 6.07) is -0.744. The molecule has 0 fully saturated rings. The van der Waals surface area contributed by atoms with E-state index in [1.165, 1.54) is 0 Å². The number of aromatic nitrogens is 1. The minimum Gasteiger partial charge on any atom is -0.506 e. The number of aromatic hydroxyl groups is 1. The molecule has 0 aliphatic heterocycles. The normalized spacial score (nSPS) is 14.5. The standard InChI is InChI=1S/C11H16N2O3/c1-6-4-13-7(2)10(15)9(6)11(16)8(5-14)12-3/h4-5,8,11-12,15-16H,1-3H3. The number of carbonyl (C=O) groups excluding carboxylic acids is 1. The van der Waals surface area contributed by atoms with Crippen LogP contribution in [-0.4, -0.2) is 34.6 Å². The van der Waals surface area contributed by atoms with E-state index in [0.717, 1.165) is 0 Å². The predicted octanol–water partition coefficient (Wildman–Crippen LogP) is 0.224. The van der Waals surface area contributed by atoms with Crippen LogP contribution in [0.25, 0.3) is 0 Å². The number of aliphatic hydroxyl groups is 1. The molecule has 3 N–H and O–H groups in total. The molecule has 16 heavy (non-hydrogen) atoms. The average Bonchev–Trinajstić information content (AvgIpc) is 2.26. The third-order valence-corrected chi connectivity index (χ3v) is 2.59. The second-order valence-corrected chi connectivity index (χ2v) is 3.68. The molecule has 1 rings (SSSR count). The minimum atomic E-state index is -1.08. The Kier molecular flexibility index (Phi) is 3.98. The lowest BCUT2D eigenvalue weighted by atomic mass is 9.98. The summed E-state index contributed by atoms with van der Waals surface area (Å²) >= 11 is 0. The Morgan fingerprint density at radius 3 is 2.62 bits per heavy atom. The molecule has 2 atom stereocenters. The van der Waals surface area contributed by atoms with E-state index >= 15 is 0 Å². The van der Waals surface area contributed by atoms with Gasteiger partial charge in [-0.2, -0.15) is 0 Å². The summed E-state index contributed by atoms with van der Waals surface area (Å²) in [4.78, 5) is 14.7. The van der Waals surface area contributed by atoms with Crippen molar-refractivity contribution in [1.29, 1.82) is 0 Å². The zero-order chi connectivity index (χ0) is 12.3. The van der Waals surface area contributed by atoms with Crippen LogP contribution in [0.1, 0.15) is 22.9 Å². The molecule has 0 aromatic carbocycles. The van der Waals surface area contributed by atoms with Crippen molar-refractivity contribution < 1.29 is 15.0 Å². The number of aliphatic hydroxyl groups excluding tert-OH is 1. The van der Waals surface area contributed by atoms with Crippen LogP contribution in [0.5, 0.6) is 5.75 Å². The molecule has 0 spiro atoms. The summed E-state index contributed by atoms with van der Waals surface area (Å²) in [7, 11) is 1.57. The molecule has 88 valence electrons. The molecule has 1 aromatic heterocycles. The number of aryl methyl sites for hydroxylation is 2. The highest BCUT2D eigenvalue weighted by Gasteiger charge is 2.24. The Morgan fingerprint density at radius 2 is 2.12 bits per heavy atom. The maximum absolute atomic E-state index is 10.7. The first kappa shape index (κ1) is 12.6. The van der Waals surface area contributed by atoms with Crippen LogP contribution in [0.3, 0.4) is 0 Å². The summed E-state index contributed by atoms with van der Waals surface area (Å²) in [5.41, 5.74) is 1.43. The van der Waals surface area contributed by atoms with Crippen molar-refractivity contribution >= 4 is 6.29 Å². The van der Waals surface area contributed by atoms with Gasteiger partial charge in [0, 0.05) is 11.8 Å². The molecule has 0 saturated heterocycles. The van der Waals surface area contributed by atoms with Crippen LogP contribution in [0.2, 0.25) is 0 Å². The summed E-state index contributed by atoms with van der Waals surface area (Å²) in [6.45, 7) is 3.36. The van der Waals surface area contributed by atoms with Gasteiger partial charge in [-0.25, -0.2) is 0 Å². The number of likely N-dealkylation sites (N-methyl/N-ethyl adjacent to an activating group) is 1. The van der Waals surface area contributed by atoms with Gasteiger partial charge in [0.15, 0.2) is 0 Å². The van der Waals surface area contributed by atoms with Crippen molar-refractivity contribution in [3.8, 4) is 5.75 Å². The van der Waals surface area contributed by atoms with Crippen LogP contribution < -0.4 is 5.32 Å². The molecule has 0 amide bonds. The van der Waals surface area contributed by atoms with Crippen molar-refractivity contribution in [2.75, 3.05) is 7.05 Å². The molecule has 0 aliphatic carbocycles. The lowest BCUT2D eigenvalue weighted by molar-refractivity contribution is -0.111. The third-order valence-electron chi connectivity index (χ3n) is 2.59. The number of pyridine rings is 1. The van der Waals surface area contributed by atoms with Crippen LogP contribution in [0.15, 0.2) is 6.20 Å². The van der Waals surface area contributed by atoms with Crippen molar-refractivity contribution in [3.05, 3.63) is 23.0 Å². The number of carbonyl (C=O) groups is 1. The minimum absolute atomic E-state index is 0.0606. The van der Waals surface area contributed by atoms with Gasteiger partial charge in [-0.15, -0.1) is 0 Å². The number of aldehydes is 1. The number of nitrogens with zero attached hydrogens (tertiary/aromatic N) is 1. The zero-order valence-corrected chi connectivity index (χ0v) is 9.56. The Labute approximate surface area is 94.1 Å². The van der Waals surface area contributed by atoms with Crippen LogP contribution in [0, 0.1) is 13.8 Å². The molecule has 5 nitrogen and oxygen atoms in total. The number of nitrogens with one attached hydrogen (secondary N) is 1. The van der Waals surface area contributed by atoms with Gasteiger partial charge in [-0.3, -0.25) is 4.98 Å². The van der Waals surface area contributed by atoms with E-state index in [4.69, 9.17) is 0 Å². The fourth-order valence-electron chi connectivity index (χ4n) is 1.56. The second-order valence-electron chi connectivity index (χ2n) is 3.68. The van der Waals surface area contributed by atoms with Gasteiger partial charge in [-0.05, 0) is 26.5 Å². The molecule has 1 aromatic rings. The summed E-state index contributed by atoms with van der Waals surface area (Å²) < 4.78 is 0. The molecule has 0 saturated carbocycles. The van der Waals surface area contributed by atoms with E-state index in [-0.39, 0.29) is 5.75 Å². The molecule has 0 bridgehead atoms. The molecule has 2 unspecified atom stereocenters. The Morgan fingerprint density at radius 1 is 1.50 bits per heavy atom. The van der Waals surface area contributed by atoms with Crippen LogP contribution >= 0.6 is 0 Å². The lowest BCUT2D eigenvalue weighted by Gasteiger charge is -2.20. The van der Waals surface area contributed by atoms with Crippen molar-refractivity contribution in [1.82, 2.24) is 10.3 Å². The molecule has 1 heterocycles. The zero-order valence-electron chi connectivity index (χ0n) is 9.56. The summed E-state index contributed by atoms with van der Waals surface area (Å²) in [5.74, 6) is -0.0606. The van der Waals surface area contributed by atoms with E-state index in [9.17, 15) is 15.0 Å². The monoisotopic (exact) mass is 224 g/mol. The highest BCUT2D eigenvalue weighted by atomic mass is 16.3. The van der Waals surface area contributed by atoms with Gasteiger partial charge in [0.1, 0.15) is 18.1 Å². The van der Waals surface area contributed by atoms with Gasteiger partial charge in [0.25, 0.3) is 0 Å². The van der Waals surface area contributed by atoms with E-state index in [2.05, 4.69) is 10.3 Å². The molecule has 0 aliphatic rings. The summed E-state index contributed by atoms with van der Waals surface area (Å²) in [6.07, 6.45) is 1.09. The quantitative estimate of drug-likeness (QED) is 0.637. The largest absolute Gasteiger partial charge is 0.506 e. The molecule has 5 heteroatoms. The predicted molar refractivity (Wildman–Crippen MR) is 59.2 cm³/mol. The van der Waals surface area contributed by atoms with Gasteiger partial charge in [0.2, 0.25) is 0 Å². The van der Waals surface area contributed by atoms with E-state index in [1.54, 1.807) is 27.1 Å². The SMILES string of the molecule is CNC(C=O)C(O)c1c(C)cnc(C)c1O. The maximum Gasteiger partial charge on any atom is 0.142 e. The third kappa shape index (κ3) is 2.20. The number of hydrogen-bond acceptors (Lipinski definition) is 5. The van der Waals surface area contributed by atoms with Crippen molar-refractivity contribution in [2.24, 2.45) is 0 Å². The molecule has 0 radical (unpaired) electrons. The lowest BCUT2D eigenvalue weighted by Crippen LogP contribution is -2.33. The van der Waals surface area contributed by atoms with Gasteiger partial charge < -0.3 is 20.3 Å². The Bertz CT molecular complexity index is 393. The van der Waals surface area contributed by atoms with Gasteiger partial charge in [-0.1, -0.05) is 0 Å². The molecular weight excluding hydrogens is 208 g/mol.